The van der Waals surface area contributed by atoms with E-state index in [1.807, 2.05) is 6.92 Å². The van der Waals surface area contributed by atoms with Gasteiger partial charge in [-0.15, -0.1) is 0 Å². The average molecular weight is 225 g/mol. The summed E-state index contributed by atoms with van der Waals surface area (Å²) in [5, 5.41) is 13.0. The molecule has 0 aliphatic rings. The van der Waals surface area contributed by atoms with Crippen LogP contribution in [-0.2, 0) is 6.54 Å². The molecule has 0 aliphatic carbocycles. The van der Waals surface area contributed by atoms with Gasteiger partial charge in [-0.05, 0) is 19.1 Å². The van der Waals surface area contributed by atoms with Gasteiger partial charge in [-0.2, -0.15) is 10.4 Å². The fraction of sp³-hybridized carbons (Fsp3) is 0.154. The zero-order chi connectivity index (χ0) is 12.3. The lowest BCUT2D eigenvalue weighted by Crippen LogP contribution is -1.93. The van der Waals surface area contributed by atoms with E-state index in [0.29, 0.717) is 16.8 Å². The maximum absolute atomic E-state index is 10.9. The van der Waals surface area contributed by atoms with Crippen molar-refractivity contribution in [3.63, 3.8) is 0 Å². The maximum atomic E-state index is 10.9. The molecule has 0 saturated carbocycles. The minimum absolute atomic E-state index is 0.566. The summed E-state index contributed by atoms with van der Waals surface area (Å²) in [6, 6.07) is 9.09. The van der Waals surface area contributed by atoms with E-state index in [4.69, 9.17) is 5.26 Å². The summed E-state index contributed by atoms with van der Waals surface area (Å²) in [7, 11) is 0. The molecule has 0 N–H and O–H groups in total. The molecule has 0 radical (unpaired) electrons. The molecule has 0 bridgehead atoms. The van der Waals surface area contributed by atoms with E-state index in [-0.39, 0.29) is 0 Å². The molecule has 0 fully saturated rings. The highest BCUT2D eigenvalue weighted by molar-refractivity contribution is 5.85. The molecule has 4 heteroatoms. The molecule has 17 heavy (non-hydrogen) atoms. The second-order valence-electron chi connectivity index (χ2n) is 3.60. The lowest BCUT2D eigenvalue weighted by Gasteiger charge is -1.98. The standard InChI is InChI=1S/C13H11N3O/c1-2-16-8-12(9-17)13(15-16)11-5-3-10(7-14)4-6-11/h3-6,8-9H,2H2,1H3. The van der Waals surface area contributed by atoms with E-state index < -0.39 is 0 Å². The Morgan fingerprint density at radius 1 is 1.41 bits per heavy atom. The Morgan fingerprint density at radius 2 is 2.12 bits per heavy atom. The minimum Gasteiger partial charge on any atom is -0.298 e. The van der Waals surface area contributed by atoms with E-state index >= 15 is 0 Å². The molecule has 2 aromatic rings. The Bertz CT molecular complexity index is 576. The van der Waals surface area contributed by atoms with Gasteiger partial charge in [0.15, 0.2) is 6.29 Å². The number of aryl methyl sites for hydroxylation is 1. The van der Waals surface area contributed by atoms with Crippen molar-refractivity contribution in [3.05, 3.63) is 41.6 Å². The first-order valence-corrected chi connectivity index (χ1v) is 5.31. The van der Waals surface area contributed by atoms with Crippen LogP contribution in [0.25, 0.3) is 11.3 Å². The third kappa shape index (κ3) is 2.08. The number of hydrogen-bond donors (Lipinski definition) is 0. The van der Waals surface area contributed by atoms with Crippen molar-refractivity contribution in [1.82, 2.24) is 9.78 Å². The molecule has 0 atom stereocenters. The van der Waals surface area contributed by atoms with Gasteiger partial charge >= 0.3 is 0 Å². The van der Waals surface area contributed by atoms with Crippen LogP contribution < -0.4 is 0 Å². The Balaban J connectivity index is 2.48. The quantitative estimate of drug-likeness (QED) is 0.753. The van der Waals surface area contributed by atoms with Crippen molar-refractivity contribution in [2.45, 2.75) is 13.5 Å². The van der Waals surface area contributed by atoms with Crippen LogP contribution in [0.5, 0.6) is 0 Å². The first kappa shape index (κ1) is 11.1. The summed E-state index contributed by atoms with van der Waals surface area (Å²) in [6.07, 6.45) is 2.52. The van der Waals surface area contributed by atoms with Crippen LogP contribution in [0.15, 0.2) is 30.5 Å². The van der Waals surface area contributed by atoms with Gasteiger partial charge in [0.05, 0.1) is 17.2 Å². The first-order valence-electron chi connectivity index (χ1n) is 5.31. The Morgan fingerprint density at radius 3 is 2.65 bits per heavy atom. The van der Waals surface area contributed by atoms with Crippen LogP contribution in [0.4, 0.5) is 0 Å². The molecule has 0 saturated heterocycles. The van der Waals surface area contributed by atoms with Crippen molar-refractivity contribution in [2.24, 2.45) is 0 Å². The van der Waals surface area contributed by atoms with Gasteiger partial charge < -0.3 is 0 Å². The van der Waals surface area contributed by atoms with E-state index in [2.05, 4.69) is 11.2 Å². The molecule has 4 nitrogen and oxygen atoms in total. The molecule has 1 aromatic carbocycles. The van der Waals surface area contributed by atoms with Gasteiger partial charge in [0, 0.05) is 18.3 Å². The molecule has 1 heterocycles. The Hall–Kier alpha value is -2.41. The fourth-order valence-electron chi connectivity index (χ4n) is 1.61. The van der Waals surface area contributed by atoms with E-state index in [0.717, 1.165) is 18.4 Å². The van der Waals surface area contributed by atoms with Crippen molar-refractivity contribution in [2.75, 3.05) is 0 Å². The van der Waals surface area contributed by atoms with Gasteiger partial charge in [0.1, 0.15) is 5.69 Å². The second kappa shape index (κ2) is 4.62. The predicted octanol–water partition coefficient (Wildman–Crippen LogP) is 2.25. The number of aldehydes is 1. The van der Waals surface area contributed by atoms with Crippen molar-refractivity contribution < 1.29 is 4.79 Å². The Labute approximate surface area is 99.1 Å². The van der Waals surface area contributed by atoms with Crippen LogP contribution in [0.2, 0.25) is 0 Å². The molecule has 2 rings (SSSR count). The number of hydrogen-bond acceptors (Lipinski definition) is 3. The number of benzene rings is 1. The van der Waals surface area contributed by atoms with Crippen LogP contribution in [-0.4, -0.2) is 16.1 Å². The molecular weight excluding hydrogens is 214 g/mol. The highest BCUT2D eigenvalue weighted by Gasteiger charge is 2.09. The van der Waals surface area contributed by atoms with Gasteiger partial charge in [0.25, 0.3) is 0 Å². The topological polar surface area (TPSA) is 58.7 Å². The normalized spacial score (nSPS) is 9.88. The third-order valence-electron chi connectivity index (χ3n) is 2.53. The number of aromatic nitrogens is 2. The number of rotatable bonds is 3. The molecule has 0 unspecified atom stereocenters. The first-order chi connectivity index (χ1) is 8.28. The van der Waals surface area contributed by atoms with Crippen molar-refractivity contribution in [1.29, 1.82) is 5.26 Å². The lowest BCUT2D eigenvalue weighted by atomic mass is 10.1. The van der Waals surface area contributed by atoms with E-state index in [1.165, 1.54) is 0 Å². The minimum atomic E-state index is 0.566. The van der Waals surface area contributed by atoms with Gasteiger partial charge in [-0.25, -0.2) is 0 Å². The Kier molecular flexibility index (Phi) is 3.01. The number of nitrogens with zero attached hydrogens (tertiary/aromatic N) is 3. The second-order valence-corrected chi connectivity index (χ2v) is 3.60. The number of nitriles is 1. The zero-order valence-corrected chi connectivity index (χ0v) is 9.42. The van der Waals surface area contributed by atoms with Gasteiger partial charge in [-0.3, -0.25) is 9.48 Å². The van der Waals surface area contributed by atoms with Crippen LogP contribution >= 0.6 is 0 Å². The summed E-state index contributed by atoms with van der Waals surface area (Å²) in [5.41, 5.74) is 2.66. The van der Waals surface area contributed by atoms with Gasteiger partial charge in [0.2, 0.25) is 0 Å². The monoisotopic (exact) mass is 225 g/mol. The summed E-state index contributed by atoms with van der Waals surface area (Å²) in [6.45, 7) is 2.68. The zero-order valence-electron chi connectivity index (χ0n) is 9.42. The molecule has 0 spiro atoms. The largest absolute Gasteiger partial charge is 0.298 e. The summed E-state index contributed by atoms with van der Waals surface area (Å²) in [4.78, 5) is 10.9. The molecular formula is C13H11N3O. The maximum Gasteiger partial charge on any atom is 0.153 e. The van der Waals surface area contributed by atoms with Crippen LogP contribution in [0.3, 0.4) is 0 Å². The molecule has 84 valence electrons. The number of carbonyl (C=O) groups excluding carboxylic acids is 1. The van der Waals surface area contributed by atoms with Crippen LogP contribution in [0, 0.1) is 11.3 Å². The number of carbonyl (C=O) groups is 1. The molecule has 1 aromatic heterocycles. The fourth-order valence-corrected chi connectivity index (χ4v) is 1.61. The third-order valence-corrected chi connectivity index (χ3v) is 2.53. The summed E-state index contributed by atoms with van der Waals surface area (Å²) >= 11 is 0. The van der Waals surface area contributed by atoms with Crippen molar-refractivity contribution in [3.8, 4) is 17.3 Å². The van der Waals surface area contributed by atoms with Gasteiger partial charge in [-0.1, -0.05) is 12.1 Å². The average Bonchev–Trinajstić information content (AvgIpc) is 2.82. The molecule has 0 aliphatic heterocycles. The summed E-state index contributed by atoms with van der Waals surface area (Å²) in [5.74, 6) is 0. The lowest BCUT2D eigenvalue weighted by molar-refractivity contribution is 0.112. The molecule has 0 amide bonds. The van der Waals surface area contributed by atoms with Crippen LogP contribution in [0.1, 0.15) is 22.8 Å². The van der Waals surface area contributed by atoms with E-state index in [9.17, 15) is 4.79 Å². The highest BCUT2D eigenvalue weighted by atomic mass is 16.1. The smallest absolute Gasteiger partial charge is 0.153 e. The SMILES string of the molecule is CCn1cc(C=O)c(-c2ccc(C#N)cc2)n1. The predicted molar refractivity (Wildman–Crippen MR) is 63.4 cm³/mol. The van der Waals surface area contributed by atoms with Crippen molar-refractivity contribution >= 4 is 6.29 Å². The highest BCUT2D eigenvalue weighted by Crippen LogP contribution is 2.21. The van der Waals surface area contributed by atoms with E-state index in [1.54, 1.807) is 35.1 Å². The summed E-state index contributed by atoms with van der Waals surface area (Å²) < 4.78 is 1.72.